The lowest BCUT2D eigenvalue weighted by atomic mass is 10.2. The smallest absolute Gasteiger partial charge is 0.255 e. The summed E-state index contributed by atoms with van der Waals surface area (Å²) in [5.74, 6) is 0.916. The van der Waals surface area contributed by atoms with Gasteiger partial charge in [0.2, 0.25) is 0 Å². The minimum absolute atomic E-state index is 0.0137. The molecule has 1 aromatic carbocycles. The molecule has 0 aliphatic carbocycles. The van der Waals surface area contributed by atoms with Gasteiger partial charge < -0.3 is 9.80 Å². The maximum absolute atomic E-state index is 12.7. The van der Waals surface area contributed by atoms with Crippen molar-refractivity contribution in [2.45, 2.75) is 6.92 Å². The molecule has 0 unspecified atom stereocenters. The van der Waals surface area contributed by atoms with Crippen LogP contribution in [-0.4, -0.2) is 51.9 Å². The molecule has 132 valence electrons. The molecule has 1 amide bonds. The zero-order valence-corrected chi connectivity index (χ0v) is 16.0. The Morgan fingerprint density at radius 1 is 1.04 bits per heavy atom. The van der Waals surface area contributed by atoms with Gasteiger partial charge in [0.05, 0.1) is 22.3 Å². The summed E-state index contributed by atoms with van der Waals surface area (Å²) in [5.41, 5.74) is 3.32. The molecule has 6 nitrogen and oxygen atoms in total. The molecule has 4 rings (SSSR count). The van der Waals surface area contributed by atoms with E-state index >= 15 is 0 Å². The molecule has 7 heteroatoms. The average Bonchev–Trinajstić information content (AvgIpc) is 2.67. The third-order valence-corrected chi connectivity index (χ3v) is 4.97. The summed E-state index contributed by atoms with van der Waals surface area (Å²) in [5, 5.41) is 0. The van der Waals surface area contributed by atoms with E-state index in [0.717, 1.165) is 40.1 Å². The Labute approximate surface area is 160 Å². The van der Waals surface area contributed by atoms with Gasteiger partial charge >= 0.3 is 0 Å². The summed E-state index contributed by atoms with van der Waals surface area (Å²) in [7, 11) is 0. The van der Waals surface area contributed by atoms with Crippen LogP contribution in [0.25, 0.3) is 11.0 Å². The molecular weight excluding hydrogens is 394 g/mol. The standard InChI is InChI=1S/C19H18BrN5O/c1-13-18(23-17-5-3-2-4-16(17)22-13)24-6-8-25(9-7-24)19(26)14-10-15(20)12-21-11-14/h2-5,10-12H,6-9H2,1H3. The number of nitrogens with zero attached hydrogens (tertiary/aromatic N) is 5. The van der Waals surface area contributed by atoms with E-state index in [-0.39, 0.29) is 5.91 Å². The number of benzene rings is 1. The number of carbonyl (C=O) groups is 1. The molecule has 0 radical (unpaired) electrons. The lowest BCUT2D eigenvalue weighted by Gasteiger charge is -2.35. The number of carbonyl (C=O) groups excluding carboxylic acids is 1. The van der Waals surface area contributed by atoms with Crippen molar-refractivity contribution >= 4 is 38.7 Å². The molecule has 3 aromatic rings. The maximum atomic E-state index is 12.7. The quantitative estimate of drug-likeness (QED) is 0.648. The lowest BCUT2D eigenvalue weighted by molar-refractivity contribution is 0.0746. The van der Waals surface area contributed by atoms with Crippen LogP contribution in [-0.2, 0) is 0 Å². The fourth-order valence-electron chi connectivity index (χ4n) is 3.21. The molecule has 1 aliphatic heterocycles. The van der Waals surface area contributed by atoms with Crippen molar-refractivity contribution in [1.29, 1.82) is 0 Å². The largest absolute Gasteiger partial charge is 0.352 e. The van der Waals surface area contributed by atoms with Crippen LogP contribution in [0, 0.1) is 6.92 Å². The van der Waals surface area contributed by atoms with Crippen LogP contribution >= 0.6 is 15.9 Å². The van der Waals surface area contributed by atoms with Crippen LogP contribution < -0.4 is 4.90 Å². The molecule has 26 heavy (non-hydrogen) atoms. The van der Waals surface area contributed by atoms with Gasteiger partial charge in [-0.15, -0.1) is 0 Å². The van der Waals surface area contributed by atoms with Crippen molar-refractivity contribution in [3.8, 4) is 0 Å². The predicted molar refractivity (Wildman–Crippen MR) is 104 cm³/mol. The fourth-order valence-corrected chi connectivity index (χ4v) is 3.58. The summed E-state index contributed by atoms with van der Waals surface area (Å²) in [6.45, 7) is 4.76. The second-order valence-corrected chi connectivity index (χ2v) is 7.21. The highest BCUT2D eigenvalue weighted by molar-refractivity contribution is 9.10. The zero-order valence-electron chi connectivity index (χ0n) is 14.4. The van der Waals surface area contributed by atoms with Gasteiger partial charge in [-0.05, 0) is 41.1 Å². The number of para-hydroxylation sites is 2. The average molecular weight is 412 g/mol. The fraction of sp³-hybridized carbons (Fsp3) is 0.263. The minimum Gasteiger partial charge on any atom is -0.352 e. The monoisotopic (exact) mass is 411 g/mol. The Balaban J connectivity index is 1.50. The first-order valence-electron chi connectivity index (χ1n) is 8.50. The summed E-state index contributed by atoms with van der Waals surface area (Å²) in [6.07, 6.45) is 3.29. The van der Waals surface area contributed by atoms with Gasteiger partial charge in [-0.1, -0.05) is 12.1 Å². The highest BCUT2D eigenvalue weighted by Gasteiger charge is 2.24. The van der Waals surface area contributed by atoms with Crippen molar-refractivity contribution in [3.05, 3.63) is 58.5 Å². The third kappa shape index (κ3) is 3.26. The number of hydrogen-bond acceptors (Lipinski definition) is 5. The summed E-state index contributed by atoms with van der Waals surface area (Å²) < 4.78 is 0.809. The molecular formula is C19H18BrN5O. The number of fused-ring (bicyclic) bond motifs is 1. The van der Waals surface area contributed by atoms with E-state index in [1.54, 1.807) is 18.5 Å². The van der Waals surface area contributed by atoms with Crippen molar-refractivity contribution in [2.24, 2.45) is 0 Å². The van der Waals surface area contributed by atoms with E-state index in [1.165, 1.54) is 0 Å². The van der Waals surface area contributed by atoms with Crippen molar-refractivity contribution in [1.82, 2.24) is 19.9 Å². The molecule has 0 atom stereocenters. The molecule has 0 bridgehead atoms. The summed E-state index contributed by atoms with van der Waals surface area (Å²) in [6, 6.07) is 9.70. The van der Waals surface area contributed by atoms with E-state index in [2.05, 4.69) is 30.8 Å². The van der Waals surface area contributed by atoms with Crippen LogP contribution in [0.5, 0.6) is 0 Å². The molecule has 0 N–H and O–H groups in total. The molecule has 2 aromatic heterocycles. The van der Waals surface area contributed by atoms with Crippen LogP contribution in [0.1, 0.15) is 16.1 Å². The van der Waals surface area contributed by atoms with Crippen LogP contribution in [0.15, 0.2) is 47.2 Å². The molecule has 0 spiro atoms. The van der Waals surface area contributed by atoms with E-state index < -0.39 is 0 Å². The molecule has 1 saturated heterocycles. The Kier molecular flexibility index (Phi) is 4.55. The lowest BCUT2D eigenvalue weighted by Crippen LogP contribution is -2.49. The number of anilines is 1. The first kappa shape index (κ1) is 16.9. The topological polar surface area (TPSA) is 62.2 Å². The van der Waals surface area contributed by atoms with Crippen LogP contribution in [0.4, 0.5) is 5.82 Å². The Morgan fingerprint density at radius 2 is 1.73 bits per heavy atom. The van der Waals surface area contributed by atoms with Crippen molar-refractivity contribution < 1.29 is 4.79 Å². The van der Waals surface area contributed by atoms with E-state index in [1.807, 2.05) is 36.1 Å². The normalized spacial score (nSPS) is 14.7. The van der Waals surface area contributed by atoms with E-state index in [0.29, 0.717) is 18.7 Å². The molecule has 3 heterocycles. The summed E-state index contributed by atoms with van der Waals surface area (Å²) >= 11 is 3.37. The Bertz CT molecular complexity index is 969. The Hall–Kier alpha value is -2.54. The number of amides is 1. The number of piperazine rings is 1. The number of aromatic nitrogens is 3. The van der Waals surface area contributed by atoms with Crippen molar-refractivity contribution in [3.63, 3.8) is 0 Å². The first-order valence-corrected chi connectivity index (χ1v) is 9.29. The Morgan fingerprint density at radius 3 is 2.42 bits per heavy atom. The molecule has 0 saturated carbocycles. The van der Waals surface area contributed by atoms with Gasteiger partial charge in [0.1, 0.15) is 0 Å². The van der Waals surface area contributed by atoms with Gasteiger partial charge in [0.15, 0.2) is 5.82 Å². The van der Waals surface area contributed by atoms with Crippen LogP contribution in [0.2, 0.25) is 0 Å². The maximum Gasteiger partial charge on any atom is 0.255 e. The van der Waals surface area contributed by atoms with E-state index in [9.17, 15) is 4.79 Å². The second kappa shape index (κ2) is 6.99. The number of hydrogen-bond donors (Lipinski definition) is 0. The third-order valence-electron chi connectivity index (χ3n) is 4.54. The highest BCUT2D eigenvalue weighted by atomic mass is 79.9. The number of halogens is 1. The summed E-state index contributed by atoms with van der Waals surface area (Å²) in [4.78, 5) is 30.3. The van der Waals surface area contributed by atoms with Gasteiger partial charge in [0.25, 0.3) is 5.91 Å². The van der Waals surface area contributed by atoms with Gasteiger partial charge in [-0.3, -0.25) is 9.78 Å². The second-order valence-electron chi connectivity index (χ2n) is 6.29. The highest BCUT2D eigenvalue weighted by Crippen LogP contribution is 2.22. The molecule has 1 aliphatic rings. The molecule has 1 fully saturated rings. The SMILES string of the molecule is Cc1nc2ccccc2nc1N1CCN(C(=O)c2cncc(Br)c2)CC1. The first-order chi connectivity index (χ1) is 12.6. The van der Waals surface area contributed by atoms with Gasteiger partial charge in [-0.25, -0.2) is 9.97 Å². The van der Waals surface area contributed by atoms with Gasteiger partial charge in [0, 0.05) is 43.0 Å². The van der Waals surface area contributed by atoms with Gasteiger partial charge in [-0.2, -0.15) is 0 Å². The van der Waals surface area contributed by atoms with E-state index in [4.69, 9.17) is 4.98 Å². The zero-order chi connectivity index (χ0) is 18.1. The predicted octanol–water partition coefficient (Wildman–Crippen LogP) is 3.06. The number of aryl methyl sites for hydroxylation is 1. The minimum atomic E-state index is 0.0137. The van der Waals surface area contributed by atoms with Crippen LogP contribution in [0.3, 0.4) is 0 Å². The number of rotatable bonds is 2. The van der Waals surface area contributed by atoms with Crippen molar-refractivity contribution in [2.75, 3.05) is 31.1 Å². The number of pyridine rings is 1.